The zero-order valence-electron chi connectivity index (χ0n) is 10.3. The normalized spacial score (nSPS) is 30.4. The number of hydrogen-bond acceptors (Lipinski definition) is 3. The number of aliphatic carboxylic acids is 1. The summed E-state index contributed by atoms with van der Waals surface area (Å²) in [4.78, 5) is 23.6. The summed E-state index contributed by atoms with van der Waals surface area (Å²) >= 11 is 5.85. The van der Waals surface area contributed by atoms with Crippen LogP contribution in [0.1, 0.15) is 0 Å². The Kier molecular flexibility index (Phi) is 3.23. The first-order valence-corrected chi connectivity index (χ1v) is 6.57. The lowest BCUT2D eigenvalue weighted by Crippen LogP contribution is -2.39. The molecule has 0 saturated carbocycles. The monoisotopic (exact) mass is 293 g/mol. The molecule has 0 unspecified atom stereocenters. The molecule has 1 aromatic rings. The van der Waals surface area contributed by atoms with Crippen LogP contribution in [-0.4, -0.2) is 29.2 Å². The third-order valence-corrected chi connectivity index (χ3v) is 3.81. The molecule has 2 aliphatic rings. The number of halogens is 1. The SMILES string of the molecule is O=C(O)[C@@H]1[C@@H](C(=O)Nc2cccc(Cl)c2)[C@H]2C=C[C@H]1O2. The molecule has 0 aromatic heterocycles. The summed E-state index contributed by atoms with van der Waals surface area (Å²) < 4.78 is 5.46. The molecule has 1 saturated heterocycles. The molecule has 6 heteroatoms. The highest BCUT2D eigenvalue weighted by atomic mass is 35.5. The van der Waals surface area contributed by atoms with E-state index in [0.717, 1.165) is 0 Å². The van der Waals surface area contributed by atoms with Crippen LogP contribution < -0.4 is 5.32 Å². The van der Waals surface area contributed by atoms with Crippen LogP contribution in [0, 0.1) is 11.8 Å². The van der Waals surface area contributed by atoms with Crippen molar-refractivity contribution in [3.05, 3.63) is 41.4 Å². The summed E-state index contributed by atoms with van der Waals surface area (Å²) in [5, 5.41) is 12.4. The van der Waals surface area contributed by atoms with Gasteiger partial charge < -0.3 is 15.2 Å². The van der Waals surface area contributed by atoms with Gasteiger partial charge in [0.1, 0.15) is 5.92 Å². The molecule has 1 fully saturated rings. The topological polar surface area (TPSA) is 75.6 Å². The summed E-state index contributed by atoms with van der Waals surface area (Å²) in [5.41, 5.74) is 0.540. The maximum atomic E-state index is 12.3. The molecule has 3 rings (SSSR count). The second-order valence-corrected chi connectivity index (χ2v) is 5.28. The predicted octanol–water partition coefficient (Wildman–Crippen LogP) is 1.93. The molecule has 0 aliphatic carbocycles. The molecule has 0 radical (unpaired) electrons. The van der Waals surface area contributed by atoms with Crippen molar-refractivity contribution in [2.75, 3.05) is 5.32 Å². The van der Waals surface area contributed by atoms with Crippen LogP contribution in [0.3, 0.4) is 0 Å². The number of carboxylic acids is 1. The number of nitrogens with one attached hydrogen (secondary N) is 1. The molecule has 2 bridgehead atoms. The van der Waals surface area contributed by atoms with Crippen LogP contribution >= 0.6 is 11.6 Å². The molecule has 20 heavy (non-hydrogen) atoms. The number of rotatable bonds is 3. The zero-order valence-corrected chi connectivity index (χ0v) is 11.1. The Bertz CT molecular complexity index is 601. The fraction of sp³-hybridized carbons (Fsp3) is 0.286. The minimum absolute atomic E-state index is 0.364. The Labute approximate surface area is 120 Å². The van der Waals surface area contributed by atoms with E-state index in [2.05, 4.69) is 5.32 Å². The van der Waals surface area contributed by atoms with Gasteiger partial charge in [-0.05, 0) is 18.2 Å². The van der Waals surface area contributed by atoms with E-state index >= 15 is 0 Å². The second-order valence-electron chi connectivity index (χ2n) is 4.84. The number of carbonyl (C=O) groups excluding carboxylic acids is 1. The molecule has 2 heterocycles. The smallest absolute Gasteiger partial charge is 0.310 e. The minimum atomic E-state index is -1.02. The van der Waals surface area contributed by atoms with Gasteiger partial charge in [0, 0.05) is 10.7 Å². The van der Waals surface area contributed by atoms with Crippen LogP contribution in [0.4, 0.5) is 5.69 Å². The van der Waals surface area contributed by atoms with Gasteiger partial charge in [-0.1, -0.05) is 29.8 Å². The van der Waals surface area contributed by atoms with Crippen LogP contribution in [0.25, 0.3) is 0 Å². The van der Waals surface area contributed by atoms with E-state index in [1.807, 2.05) is 0 Å². The average molecular weight is 294 g/mol. The maximum Gasteiger partial charge on any atom is 0.310 e. The third-order valence-electron chi connectivity index (χ3n) is 3.58. The van der Waals surface area contributed by atoms with Crippen LogP contribution in [0.2, 0.25) is 5.02 Å². The lowest BCUT2D eigenvalue weighted by molar-refractivity contribution is -0.145. The van der Waals surface area contributed by atoms with Gasteiger partial charge >= 0.3 is 5.97 Å². The first-order chi connectivity index (χ1) is 9.56. The van der Waals surface area contributed by atoms with Gasteiger partial charge in [0.25, 0.3) is 0 Å². The van der Waals surface area contributed by atoms with E-state index in [4.69, 9.17) is 16.3 Å². The first-order valence-electron chi connectivity index (χ1n) is 6.19. The quantitative estimate of drug-likeness (QED) is 0.835. The molecule has 4 atom stereocenters. The molecule has 0 spiro atoms. The highest BCUT2D eigenvalue weighted by Crippen LogP contribution is 2.39. The van der Waals surface area contributed by atoms with Crippen molar-refractivity contribution in [3.63, 3.8) is 0 Å². The van der Waals surface area contributed by atoms with Crippen molar-refractivity contribution in [1.82, 2.24) is 0 Å². The Morgan fingerprint density at radius 1 is 1.20 bits per heavy atom. The van der Waals surface area contributed by atoms with E-state index in [1.54, 1.807) is 36.4 Å². The van der Waals surface area contributed by atoms with Gasteiger partial charge in [-0.15, -0.1) is 0 Å². The molecule has 2 aliphatic heterocycles. The van der Waals surface area contributed by atoms with Crippen molar-refractivity contribution in [2.24, 2.45) is 11.8 Å². The Hall–Kier alpha value is -1.85. The molecular formula is C14H12ClNO4. The van der Waals surface area contributed by atoms with E-state index in [1.165, 1.54) is 0 Å². The number of anilines is 1. The van der Waals surface area contributed by atoms with Crippen molar-refractivity contribution >= 4 is 29.2 Å². The van der Waals surface area contributed by atoms with Gasteiger partial charge in [0.15, 0.2) is 0 Å². The molecule has 2 N–H and O–H groups in total. The van der Waals surface area contributed by atoms with Crippen LogP contribution in [0.5, 0.6) is 0 Å². The summed E-state index contributed by atoms with van der Waals surface area (Å²) in [6, 6.07) is 6.72. The third kappa shape index (κ3) is 2.19. The Morgan fingerprint density at radius 2 is 1.90 bits per heavy atom. The number of fused-ring (bicyclic) bond motifs is 2. The summed E-state index contributed by atoms with van der Waals surface area (Å²) in [6.07, 6.45) is 2.45. The average Bonchev–Trinajstić information content (AvgIpc) is 2.98. The maximum absolute atomic E-state index is 12.3. The molecule has 1 aromatic carbocycles. The highest BCUT2D eigenvalue weighted by Gasteiger charge is 2.53. The number of carboxylic acid groups (broad SMARTS) is 1. The minimum Gasteiger partial charge on any atom is -0.481 e. The number of carbonyl (C=O) groups is 2. The molecule has 5 nitrogen and oxygen atoms in total. The van der Waals surface area contributed by atoms with Crippen molar-refractivity contribution in [1.29, 1.82) is 0 Å². The summed E-state index contributed by atoms with van der Waals surface area (Å²) in [5.74, 6) is -2.95. The molecular weight excluding hydrogens is 282 g/mol. The predicted molar refractivity (Wildman–Crippen MR) is 72.5 cm³/mol. The van der Waals surface area contributed by atoms with Gasteiger partial charge in [-0.25, -0.2) is 0 Å². The first kappa shape index (κ1) is 13.1. The zero-order chi connectivity index (χ0) is 14.3. The standard InChI is InChI=1S/C14H12ClNO4/c15-7-2-1-3-8(6-7)16-13(17)11-9-4-5-10(20-9)12(11)14(18)19/h1-6,9-12H,(H,16,17)(H,18,19)/t9-,10-,11+,12+/m1/s1. The fourth-order valence-corrected chi connectivity index (χ4v) is 2.90. The summed E-state index contributed by atoms with van der Waals surface area (Å²) in [6.45, 7) is 0. The van der Waals surface area contributed by atoms with Gasteiger partial charge in [0.2, 0.25) is 5.91 Å². The number of amides is 1. The second kappa shape index (κ2) is 4.92. The summed E-state index contributed by atoms with van der Waals surface area (Å²) in [7, 11) is 0. The van der Waals surface area contributed by atoms with E-state index < -0.39 is 30.0 Å². The number of hydrogen-bond donors (Lipinski definition) is 2. The lowest BCUT2D eigenvalue weighted by Gasteiger charge is -2.21. The Morgan fingerprint density at radius 3 is 2.55 bits per heavy atom. The van der Waals surface area contributed by atoms with Crippen molar-refractivity contribution in [2.45, 2.75) is 12.2 Å². The van der Waals surface area contributed by atoms with E-state index in [-0.39, 0.29) is 5.91 Å². The fourth-order valence-electron chi connectivity index (χ4n) is 2.71. The van der Waals surface area contributed by atoms with Crippen molar-refractivity contribution in [3.8, 4) is 0 Å². The van der Waals surface area contributed by atoms with E-state index in [9.17, 15) is 14.7 Å². The largest absolute Gasteiger partial charge is 0.481 e. The highest BCUT2D eigenvalue weighted by molar-refractivity contribution is 6.30. The van der Waals surface area contributed by atoms with E-state index in [0.29, 0.717) is 10.7 Å². The van der Waals surface area contributed by atoms with Gasteiger partial charge in [-0.2, -0.15) is 0 Å². The van der Waals surface area contributed by atoms with Crippen LogP contribution in [-0.2, 0) is 14.3 Å². The van der Waals surface area contributed by atoms with Crippen molar-refractivity contribution < 1.29 is 19.4 Å². The van der Waals surface area contributed by atoms with Gasteiger partial charge in [0.05, 0.1) is 18.1 Å². The number of benzene rings is 1. The lowest BCUT2D eigenvalue weighted by atomic mass is 9.82. The molecule has 104 valence electrons. The van der Waals surface area contributed by atoms with Gasteiger partial charge in [-0.3, -0.25) is 9.59 Å². The molecule has 1 amide bonds. The Balaban J connectivity index is 1.80. The number of ether oxygens (including phenoxy) is 1. The van der Waals surface area contributed by atoms with Crippen LogP contribution in [0.15, 0.2) is 36.4 Å².